The lowest BCUT2D eigenvalue weighted by atomic mass is 10.2. The Labute approximate surface area is 51.3 Å². The van der Waals surface area contributed by atoms with Gasteiger partial charge in [0.05, 0.1) is 0 Å². The van der Waals surface area contributed by atoms with E-state index in [-0.39, 0.29) is 0 Å². The third-order valence-electron chi connectivity index (χ3n) is 0.542. The zero-order valence-corrected chi connectivity index (χ0v) is 4.66. The lowest BCUT2D eigenvalue weighted by molar-refractivity contribution is -0.137. The molecule has 0 saturated heterocycles. The van der Waals surface area contributed by atoms with E-state index < -0.39 is 24.8 Å². The quantitative estimate of drug-likeness (QED) is 0.557. The van der Waals surface area contributed by atoms with E-state index in [1.807, 2.05) is 0 Å². The molecule has 3 heteroatoms. The molecule has 0 heterocycles. The minimum Gasteiger partial charge on any atom is -0.481 e. The largest absolute Gasteiger partial charge is 0.481 e. The first-order valence-corrected chi connectivity index (χ1v) is 2.29. The summed E-state index contributed by atoms with van der Waals surface area (Å²) in [5.41, 5.74) is 5.20. The van der Waals surface area contributed by atoms with E-state index in [0.717, 1.165) is 0 Å². The number of rotatable bonds is 3. The second-order valence-electron chi connectivity index (χ2n) is 1.56. The first kappa shape index (κ1) is 4.32. The second kappa shape index (κ2) is 3.43. The molecule has 0 unspecified atom stereocenters. The van der Waals surface area contributed by atoms with Gasteiger partial charge < -0.3 is 10.8 Å². The summed E-state index contributed by atoms with van der Waals surface area (Å²) in [6.45, 7) is 1.52. The van der Waals surface area contributed by atoms with Crippen molar-refractivity contribution in [2.24, 2.45) is 5.73 Å². The highest BCUT2D eigenvalue weighted by Gasteiger charge is 1.98. The topological polar surface area (TPSA) is 63.3 Å². The van der Waals surface area contributed by atoms with Crippen LogP contribution in [0.3, 0.4) is 0 Å². The molecule has 0 amide bonds. The van der Waals surface area contributed by atoms with Crippen molar-refractivity contribution in [3.8, 4) is 0 Å². The van der Waals surface area contributed by atoms with Gasteiger partial charge in [0.1, 0.15) is 0 Å². The number of hydrogen-bond acceptors (Lipinski definition) is 2. The van der Waals surface area contributed by atoms with Gasteiger partial charge in [0.15, 0.2) is 0 Å². The predicted octanol–water partition coefficient (Wildman–Crippen LogP) is 0.198. The molecule has 3 nitrogen and oxygen atoms in total. The van der Waals surface area contributed by atoms with Crippen LogP contribution in [0.15, 0.2) is 0 Å². The zero-order valence-electron chi connectivity index (χ0n) is 6.66. The number of carboxylic acid groups (broad SMARTS) is 1. The predicted molar refractivity (Wildman–Crippen MR) is 30.5 cm³/mol. The van der Waals surface area contributed by atoms with Gasteiger partial charge in [0.2, 0.25) is 0 Å². The summed E-state index contributed by atoms with van der Waals surface area (Å²) in [5, 5.41) is 8.24. The normalized spacial score (nSPS) is 24.8. The van der Waals surface area contributed by atoms with Crippen LogP contribution in [-0.4, -0.2) is 17.1 Å². The van der Waals surface area contributed by atoms with Crippen molar-refractivity contribution in [1.29, 1.82) is 0 Å². The Bertz CT molecular complexity index is 129. The Hall–Kier alpha value is -0.570. The molecule has 0 rings (SSSR count). The third kappa shape index (κ3) is 5.43. The van der Waals surface area contributed by atoms with Crippen LogP contribution >= 0.6 is 0 Å². The number of carboxylic acids is 1. The van der Waals surface area contributed by atoms with E-state index in [4.69, 9.17) is 13.6 Å². The maximum absolute atomic E-state index is 10.1. The van der Waals surface area contributed by atoms with Crippen LogP contribution in [-0.2, 0) is 4.79 Å². The van der Waals surface area contributed by atoms with Crippen LogP contribution in [0.1, 0.15) is 22.5 Å². The molecule has 3 N–H and O–H groups in total. The summed E-state index contributed by atoms with van der Waals surface area (Å²) in [7, 11) is 0. The Morgan fingerprint density at radius 2 is 2.62 bits per heavy atom. The molecule has 0 fully saturated rings. The van der Waals surface area contributed by atoms with Crippen molar-refractivity contribution in [1.82, 2.24) is 0 Å². The maximum Gasteiger partial charge on any atom is 0.303 e. The van der Waals surface area contributed by atoms with Crippen molar-refractivity contribution in [3.63, 3.8) is 0 Å². The van der Waals surface area contributed by atoms with Gasteiger partial charge in [-0.05, 0) is 13.3 Å². The first-order valence-electron chi connectivity index (χ1n) is 3.45. The van der Waals surface area contributed by atoms with Crippen molar-refractivity contribution in [2.45, 2.75) is 25.8 Å². The van der Waals surface area contributed by atoms with Crippen LogP contribution in [0, 0.1) is 0 Å². The van der Waals surface area contributed by atoms with Gasteiger partial charge in [-0.2, -0.15) is 0 Å². The van der Waals surface area contributed by atoms with E-state index in [2.05, 4.69) is 0 Å². The smallest absolute Gasteiger partial charge is 0.303 e. The van der Waals surface area contributed by atoms with Gasteiger partial charge in [-0.1, -0.05) is 0 Å². The Morgan fingerprint density at radius 1 is 2.12 bits per heavy atom. The van der Waals surface area contributed by atoms with Gasteiger partial charge in [0, 0.05) is 15.2 Å². The molecule has 0 aliphatic heterocycles. The van der Waals surface area contributed by atoms with Crippen molar-refractivity contribution in [3.05, 3.63) is 0 Å². The summed E-state index contributed by atoms with van der Waals surface area (Å²) < 4.78 is 14.0. The number of aliphatic carboxylic acids is 1. The fourth-order valence-corrected chi connectivity index (χ4v) is 0.234. The lowest BCUT2D eigenvalue weighted by Crippen LogP contribution is -2.15. The molecule has 0 aromatic rings. The van der Waals surface area contributed by atoms with Gasteiger partial charge >= 0.3 is 5.97 Å². The second-order valence-corrected chi connectivity index (χ2v) is 1.56. The lowest BCUT2D eigenvalue weighted by Gasteiger charge is -1.98. The van der Waals surface area contributed by atoms with Gasteiger partial charge in [0.25, 0.3) is 0 Å². The summed E-state index contributed by atoms with van der Waals surface area (Å²) in [6, 6.07) is -0.571. The van der Waals surface area contributed by atoms with Crippen molar-refractivity contribution >= 4 is 5.97 Å². The number of carbonyl (C=O) groups is 1. The van der Waals surface area contributed by atoms with E-state index >= 15 is 0 Å². The van der Waals surface area contributed by atoms with E-state index in [0.29, 0.717) is 0 Å². The highest BCUT2D eigenvalue weighted by Crippen LogP contribution is 1.91. The average Bonchev–Trinajstić information content (AvgIpc) is 1.84. The van der Waals surface area contributed by atoms with E-state index in [9.17, 15) is 4.79 Å². The minimum absolute atomic E-state index is 0.571. The fourth-order valence-electron chi connectivity index (χ4n) is 0.234. The molecule has 48 valence electrons. The molecule has 0 radical (unpaired) electrons. The van der Waals surface area contributed by atoms with E-state index in [1.54, 1.807) is 0 Å². The molecule has 0 bridgehead atoms. The van der Waals surface area contributed by atoms with E-state index in [1.165, 1.54) is 6.92 Å². The molecule has 0 saturated carbocycles. The van der Waals surface area contributed by atoms with Gasteiger partial charge in [-0.15, -0.1) is 0 Å². The molecule has 0 aliphatic rings. The molecule has 0 aromatic carbocycles. The molecule has 0 aliphatic carbocycles. The standard InChI is InChI=1S/C5H11NO2/c1-4(6)2-3-5(7)8/h4H,2-3,6H2,1H3,(H,7,8)/t4-/m1/s1/i2D,3D/t2-,3+,4+/m0. The zero-order chi connectivity index (χ0) is 8.31. The van der Waals surface area contributed by atoms with Gasteiger partial charge in [-0.3, -0.25) is 4.79 Å². The highest BCUT2D eigenvalue weighted by atomic mass is 16.4. The molecule has 0 aromatic heterocycles. The number of hydrogen-bond donors (Lipinski definition) is 2. The summed E-state index contributed by atoms with van der Waals surface area (Å²) in [5.74, 6) is -1.29. The SMILES string of the molecule is [2H][C@H]([C@@H](C)N)[C@@H]([2H])C(=O)O. The Kier molecular flexibility index (Phi) is 1.86. The van der Waals surface area contributed by atoms with Crippen molar-refractivity contribution < 1.29 is 12.6 Å². The van der Waals surface area contributed by atoms with Crippen LogP contribution in [0.25, 0.3) is 0 Å². The summed E-state index contributed by atoms with van der Waals surface area (Å²) in [4.78, 5) is 10.1. The summed E-state index contributed by atoms with van der Waals surface area (Å²) in [6.07, 6.45) is -2.47. The monoisotopic (exact) mass is 119 g/mol. The Balaban J connectivity index is 3.94. The van der Waals surface area contributed by atoms with Crippen LogP contribution in [0.5, 0.6) is 0 Å². The van der Waals surface area contributed by atoms with Crippen molar-refractivity contribution in [2.75, 3.05) is 0 Å². The van der Waals surface area contributed by atoms with Crippen LogP contribution in [0.4, 0.5) is 0 Å². The Morgan fingerprint density at radius 3 is 2.75 bits per heavy atom. The highest BCUT2D eigenvalue weighted by molar-refractivity contribution is 5.66. The van der Waals surface area contributed by atoms with Gasteiger partial charge in [-0.25, -0.2) is 0 Å². The number of nitrogens with two attached hydrogens (primary N) is 1. The molecule has 3 atom stereocenters. The molecular weight excluding hydrogens is 106 g/mol. The molecular formula is C5H11NO2. The molecule has 0 spiro atoms. The first-order chi connectivity index (χ1) is 4.46. The maximum atomic E-state index is 10.1. The average molecular weight is 119 g/mol. The molecule has 8 heavy (non-hydrogen) atoms. The van der Waals surface area contributed by atoms with Crippen LogP contribution in [0.2, 0.25) is 0 Å². The van der Waals surface area contributed by atoms with Crippen LogP contribution < -0.4 is 5.73 Å². The fraction of sp³-hybridized carbons (Fsp3) is 0.800. The summed E-state index contributed by atoms with van der Waals surface area (Å²) >= 11 is 0. The minimum atomic E-state index is -1.43. The third-order valence-corrected chi connectivity index (χ3v) is 0.542.